The van der Waals surface area contributed by atoms with Gasteiger partial charge in [-0.05, 0) is 6.92 Å². The van der Waals surface area contributed by atoms with Crippen LogP contribution in [0.15, 0.2) is 0 Å². The van der Waals surface area contributed by atoms with Crippen LogP contribution in [0.25, 0.3) is 0 Å². The number of hydrogen-bond donors (Lipinski definition) is 1. The molecular weight excluding hydrogens is 279 g/mol. The molecule has 0 aromatic rings. The molecule has 20 heavy (non-hydrogen) atoms. The normalized spacial score (nSPS) is 18.8. The summed E-state index contributed by atoms with van der Waals surface area (Å²) in [5.74, 6) is -1.13. The minimum absolute atomic E-state index is 0.126. The number of alkyl halides is 3. The van der Waals surface area contributed by atoms with E-state index in [2.05, 4.69) is 0 Å². The van der Waals surface area contributed by atoms with E-state index in [-0.39, 0.29) is 26.2 Å². The minimum Gasteiger partial charge on any atom is -0.480 e. The second kappa shape index (κ2) is 6.29. The number of carbonyl (C=O) groups is 2. The van der Waals surface area contributed by atoms with Crippen LogP contribution < -0.4 is 0 Å². The fourth-order valence-corrected chi connectivity index (χ4v) is 1.91. The van der Waals surface area contributed by atoms with E-state index in [0.717, 1.165) is 4.90 Å². The molecule has 0 saturated carbocycles. The molecule has 116 valence electrons. The first-order valence-corrected chi connectivity index (χ1v) is 6.15. The van der Waals surface area contributed by atoms with Crippen LogP contribution in [0.4, 0.5) is 18.0 Å². The predicted octanol–water partition coefficient (Wildman–Crippen LogP) is 0.691. The number of piperazine rings is 1. The van der Waals surface area contributed by atoms with Crippen LogP contribution in [0.5, 0.6) is 0 Å². The van der Waals surface area contributed by atoms with E-state index < -0.39 is 30.8 Å². The van der Waals surface area contributed by atoms with Gasteiger partial charge in [-0.2, -0.15) is 13.2 Å². The molecule has 1 fully saturated rings. The number of aliphatic carboxylic acids is 1. The molecule has 0 aromatic carbocycles. The van der Waals surface area contributed by atoms with Gasteiger partial charge >= 0.3 is 18.2 Å². The molecule has 6 nitrogen and oxygen atoms in total. The van der Waals surface area contributed by atoms with Crippen LogP contribution in [0, 0.1) is 0 Å². The van der Waals surface area contributed by atoms with Gasteiger partial charge in [0, 0.05) is 33.2 Å². The number of hydrogen-bond acceptors (Lipinski definition) is 3. The van der Waals surface area contributed by atoms with Crippen molar-refractivity contribution in [3.8, 4) is 0 Å². The summed E-state index contributed by atoms with van der Waals surface area (Å²) in [5.41, 5.74) is 0. The third-order valence-electron chi connectivity index (χ3n) is 3.29. The zero-order chi connectivity index (χ0) is 15.5. The molecule has 0 spiro atoms. The molecule has 0 radical (unpaired) electrons. The Morgan fingerprint density at radius 2 is 1.75 bits per heavy atom. The van der Waals surface area contributed by atoms with Gasteiger partial charge in [-0.1, -0.05) is 0 Å². The van der Waals surface area contributed by atoms with Gasteiger partial charge < -0.3 is 14.9 Å². The predicted molar refractivity (Wildman–Crippen MR) is 64.3 cm³/mol. The minimum atomic E-state index is -4.25. The van der Waals surface area contributed by atoms with Crippen molar-refractivity contribution in [1.29, 1.82) is 0 Å². The molecule has 1 atom stereocenters. The van der Waals surface area contributed by atoms with Gasteiger partial charge in [0.2, 0.25) is 0 Å². The molecule has 0 aromatic heterocycles. The third kappa shape index (κ3) is 4.55. The van der Waals surface area contributed by atoms with Gasteiger partial charge in [-0.15, -0.1) is 0 Å². The number of carboxylic acid groups (broad SMARTS) is 1. The maximum absolute atomic E-state index is 12.2. The summed E-state index contributed by atoms with van der Waals surface area (Å²) in [5, 5.41) is 8.82. The number of nitrogens with zero attached hydrogens (tertiary/aromatic N) is 3. The Balaban J connectivity index is 2.49. The highest BCUT2D eigenvalue weighted by atomic mass is 19.4. The van der Waals surface area contributed by atoms with E-state index in [4.69, 9.17) is 5.11 Å². The number of rotatable bonds is 3. The van der Waals surface area contributed by atoms with Crippen LogP contribution in [-0.4, -0.2) is 83.8 Å². The van der Waals surface area contributed by atoms with Crippen molar-refractivity contribution in [1.82, 2.24) is 14.7 Å². The number of carboxylic acids is 1. The van der Waals surface area contributed by atoms with E-state index in [9.17, 15) is 22.8 Å². The Kier molecular flexibility index (Phi) is 5.21. The smallest absolute Gasteiger partial charge is 0.401 e. The number of urea groups is 1. The summed E-state index contributed by atoms with van der Waals surface area (Å²) in [6.07, 6.45) is -4.25. The number of amides is 2. The fourth-order valence-electron chi connectivity index (χ4n) is 1.91. The van der Waals surface area contributed by atoms with Crippen molar-refractivity contribution < 1.29 is 27.9 Å². The Hall–Kier alpha value is -1.51. The molecule has 1 aliphatic rings. The first-order valence-electron chi connectivity index (χ1n) is 6.15. The van der Waals surface area contributed by atoms with Gasteiger partial charge in [0.1, 0.15) is 6.04 Å². The van der Waals surface area contributed by atoms with Gasteiger partial charge in [0.15, 0.2) is 0 Å². The number of likely N-dealkylation sites (N-methyl/N-ethyl adjacent to an activating group) is 1. The average molecular weight is 297 g/mol. The van der Waals surface area contributed by atoms with Crippen LogP contribution in [-0.2, 0) is 4.79 Å². The molecule has 1 N–H and O–H groups in total. The standard InChI is InChI=1S/C11H18F3N3O3/c1-8(9(18)19)15(2)10(20)17-5-3-16(4-6-17)7-11(12,13)14/h8H,3-7H2,1-2H3,(H,18,19). The summed E-state index contributed by atoms with van der Waals surface area (Å²) in [6, 6.07) is -1.46. The van der Waals surface area contributed by atoms with Crippen molar-refractivity contribution in [2.45, 2.75) is 19.1 Å². The Labute approximate surface area is 114 Å². The second-order valence-electron chi connectivity index (χ2n) is 4.79. The van der Waals surface area contributed by atoms with Crippen LogP contribution in [0.3, 0.4) is 0 Å². The topological polar surface area (TPSA) is 64.1 Å². The maximum Gasteiger partial charge on any atom is 0.401 e. The molecule has 1 heterocycles. The van der Waals surface area contributed by atoms with Gasteiger partial charge in [0.05, 0.1) is 6.54 Å². The van der Waals surface area contributed by atoms with E-state index >= 15 is 0 Å². The molecule has 0 bridgehead atoms. The molecular formula is C11H18F3N3O3. The van der Waals surface area contributed by atoms with E-state index in [1.165, 1.54) is 23.8 Å². The Morgan fingerprint density at radius 3 is 2.15 bits per heavy atom. The lowest BCUT2D eigenvalue weighted by Crippen LogP contribution is -2.55. The number of carbonyl (C=O) groups excluding carboxylic acids is 1. The lowest BCUT2D eigenvalue weighted by molar-refractivity contribution is -0.149. The van der Waals surface area contributed by atoms with Crippen LogP contribution in [0.1, 0.15) is 6.92 Å². The summed E-state index contributed by atoms with van der Waals surface area (Å²) in [4.78, 5) is 26.4. The first kappa shape index (κ1) is 16.5. The monoisotopic (exact) mass is 297 g/mol. The van der Waals surface area contributed by atoms with Crippen molar-refractivity contribution in [3.05, 3.63) is 0 Å². The average Bonchev–Trinajstić information content (AvgIpc) is 2.35. The summed E-state index contributed by atoms with van der Waals surface area (Å²) < 4.78 is 36.7. The molecule has 9 heteroatoms. The Morgan fingerprint density at radius 1 is 1.25 bits per heavy atom. The quantitative estimate of drug-likeness (QED) is 0.832. The lowest BCUT2D eigenvalue weighted by atomic mass is 10.3. The van der Waals surface area contributed by atoms with Crippen LogP contribution >= 0.6 is 0 Å². The zero-order valence-electron chi connectivity index (χ0n) is 11.4. The first-order chi connectivity index (χ1) is 9.11. The molecule has 0 aliphatic carbocycles. The lowest BCUT2D eigenvalue weighted by Gasteiger charge is -2.37. The summed E-state index contributed by atoms with van der Waals surface area (Å²) >= 11 is 0. The summed E-state index contributed by atoms with van der Waals surface area (Å²) in [7, 11) is 1.36. The van der Waals surface area contributed by atoms with E-state index in [1.807, 2.05) is 0 Å². The fraction of sp³-hybridized carbons (Fsp3) is 0.818. The van der Waals surface area contributed by atoms with Crippen LogP contribution in [0.2, 0.25) is 0 Å². The van der Waals surface area contributed by atoms with E-state index in [1.54, 1.807) is 0 Å². The molecule has 1 aliphatic heterocycles. The van der Waals surface area contributed by atoms with Crippen molar-refractivity contribution in [2.24, 2.45) is 0 Å². The number of halogens is 3. The highest BCUT2D eigenvalue weighted by Gasteiger charge is 2.34. The van der Waals surface area contributed by atoms with Gasteiger partial charge in [0.25, 0.3) is 0 Å². The van der Waals surface area contributed by atoms with Gasteiger partial charge in [-0.25, -0.2) is 9.59 Å². The molecule has 1 saturated heterocycles. The van der Waals surface area contributed by atoms with E-state index in [0.29, 0.717) is 0 Å². The highest BCUT2D eigenvalue weighted by molar-refractivity contribution is 5.82. The zero-order valence-corrected chi connectivity index (χ0v) is 11.4. The molecule has 1 rings (SSSR count). The second-order valence-corrected chi connectivity index (χ2v) is 4.79. The van der Waals surface area contributed by atoms with Crippen molar-refractivity contribution in [3.63, 3.8) is 0 Å². The van der Waals surface area contributed by atoms with Crippen molar-refractivity contribution >= 4 is 12.0 Å². The molecule has 1 unspecified atom stereocenters. The third-order valence-corrected chi connectivity index (χ3v) is 3.29. The highest BCUT2D eigenvalue weighted by Crippen LogP contribution is 2.17. The SMILES string of the molecule is CC(C(=O)O)N(C)C(=O)N1CCN(CC(F)(F)F)CC1. The summed E-state index contributed by atoms with van der Waals surface area (Å²) in [6.45, 7) is 0.953. The van der Waals surface area contributed by atoms with Crippen molar-refractivity contribution in [2.75, 3.05) is 39.8 Å². The maximum atomic E-state index is 12.2. The largest absolute Gasteiger partial charge is 0.480 e. The Bertz CT molecular complexity index is 368. The molecule has 2 amide bonds. The van der Waals surface area contributed by atoms with Gasteiger partial charge in [-0.3, -0.25) is 4.90 Å².